The number of phenolic OH excluding ortho intramolecular Hbond substituents is 2. The fourth-order valence-electron chi connectivity index (χ4n) is 5.69. The number of benzene rings is 3. The molecule has 1 amide bonds. The van der Waals surface area contributed by atoms with Crippen molar-refractivity contribution in [3.8, 4) is 23.0 Å². The number of rotatable bonds is 5. The van der Waals surface area contributed by atoms with E-state index in [4.69, 9.17) is 14.2 Å². The van der Waals surface area contributed by atoms with E-state index in [-0.39, 0.29) is 47.1 Å². The van der Waals surface area contributed by atoms with Crippen LogP contribution in [0.2, 0.25) is 0 Å². The Morgan fingerprint density at radius 3 is 2.07 bits per heavy atom. The summed E-state index contributed by atoms with van der Waals surface area (Å²) in [7, 11) is 0. The van der Waals surface area contributed by atoms with Gasteiger partial charge in [-0.1, -0.05) is 6.07 Å². The lowest BCUT2D eigenvalue weighted by Crippen LogP contribution is -2.58. The summed E-state index contributed by atoms with van der Waals surface area (Å²) < 4.78 is 17.4. The molecular formula is C29H27NO11. The molecule has 12 heteroatoms. The van der Waals surface area contributed by atoms with Crippen LogP contribution >= 0.6 is 0 Å². The Hall–Kier alpha value is -4.20. The number of amides is 1. The Morgan fingerprint density at radius 1 is 0.829 bits per heavy atom. The maximum Gasteiger partial charge on any atom is 0.340 e. The number of esters is 1. The molecule has 3 aliphatic heterocycles. The fourth-order valence-corrected chi connectivity index (χ4v) is 5.69. The van der Waals surface area contributed by atoms with E-state index >= 15 is 0 Å². The third kappa shape index (κ3) is 4.28. The summed E-state index contributed by atoms with van der Waals surface area (Å²) in [5, 5.41) is 62.2. The summed E-state index contributed by atoms with van der Waals surface area (Å²) in [5.74, 6) is -0.868. The molecule has 0 radical (unpaired) electrons. The highest BCUT2D eigenvalue weighted by molar-refractivity contribution is 6.01. The van der Waals surface area contributed by atoms with Crippen molar-refractivity contribution in [2.75, 3.05) is 13.2 Å². The zero-order chi connectivity index (χ0) is 29.1. The van der Waals surface area contributed by atoms with Gasteiger partial charge in [0.05, 0.1) is 18.3 Å². The first-order valence-electron chi connectivity index (χ1n) is 13.0. The lowest BCUT2D eigenvalue weighted by atomic mass is 9.77. The van der Waals surface area contributed by atoms with Gasteiger partial charge in [-0.2, -0.15) is 0 Å². The van der Waals surface area contributed by atoms with Gasteiger partial charge in [0.25, 0.3) is 5.91 Å². The zero-order valence-corrected chi connectivity index (χ0v) is 21.4. The molecule has 0 saturated carbocycles. The molecule has 0 aromatic heterocycles. The Labute approximate surface area is 233 Å². The smallest absolute Gasteiger partial charge is 0.340 e. The number of hydrogen-bond donors (Lipinski definition) is 7. The second-order valence-electron chi connectivity index (χ2n) is 10.2. The summed E-state index contributed by atoms with van der Waals surface area (Å²) in [6.45, 7) is -0.526. The number of nitrogens with one attached hydrogen (secondary N) is 1. The molecule has 12 nitrogen and oxygen atoms in total. The van der Waals surface area contributed by atoms with E-state index in [9.17, 15) is 40.2 Å². The van der Waals surface area contributed by atoms with Crippen molar-refractivity contribution < 1.29 is 54.4 Å². The molecule has 0 aliphatic carbocycles. The van der Waals surface area contributed by atoms with Gasteiger partial charge >= 0.3 is 5.97 Å². The summed E-state index contributed by atoms with van der Waals surface area (Å²) in [6, 6.07) is 13.4. The molecule has 7 N–H and O–H groups in total. The van der Waals surface area contributed by atoms with Gasteiger partial charge in [-0.3, -0.25) is 4.79 Å². The maximum absolute atomic E-state index is 13.2. The number of aliphatic hydroxyl groups is 4. The monoisotopic (exact) mass is 565 g/mol. The minimum Gasteiger partial charge on any atom is -0.508 e. The first kappa shape index (κ1) is 27.0. The van der Waals surface area contributed by atoms with Crippen molar-refractivity contribution in [1.29, 1.82) is 0 Å². The first-order chi connectivity index (χ1) is 19.6. The van der Waals surface area contributed by atoms with E-state index in [0.717, 1.165) is 0 Å². The van der Waals surface area contributed by atoms with Crippen molar-refractivity contribution >= 4 is 11.9 Å². The maximum atomic E-state index is 13.2. The van der Waals surface area contributed by atoms with Gasteiger partial charge in [0.15, 0.2) is 5.60 Å². The Balaban J connectivity index is 1.27. The minimum atomic E-state index is -1.51. The van der Waals surface area contributed by atoms with E-state index < -0.39 is 54.6 Å². The minimum absolute atomic E-state index is 0.0259. The van der Waals surface area contributed by atoms with Crippen molar-refractivity contribution in [2.24, 2.45) is 0 Å². The Kier molecular flexibility index (Phi) is 6.59. The number of phenols is 2. The molecule has 5 atom stereocenters. The molecule has 41 heavy (non-hydrogen) atoms. The number of fused-ring (bicyclic) bond motifs is 6. The van der Waals surface area contributed by atoms with Crippen LogP contribution in [0, 0.1) is 0 Å². The van der Waals surface area contributed by atoms with Crippen LogP contribution in [0.4, 0.5) is 0 Å². The van der Waals surface area contributed by atoms with Gasteiger partial charge in [-0.15, -0.1) is 0 Å². The third-order valence-electron chi connectivity index (χ3n) is 7.74. The van der Waals surface area contributed by atoms with E-state index in [2.05, 4.69) is 5.32 Å². The molecule has 0 unspecified atom stereocenters. The molecular weight excluding hydrogens is 538 g/mol. The topological polar surface area (TPSA) is 195 Å². The van der Waals surface area contributed by atoms with Gasteiger partial charge in [-0.05, 0) is 42.8 Å². The van der Waals surface area contributed by atoms with Crippen LogP contribution in [-0.4, -0.2) is 86.2 Å². The predicted octanol–water partition coefficient (Wildman–Crippen LogP) is 0.628. The van der Waals surface area contributed by atoms with E-state index in [1.54, 1.807) is 18.2 Å². The molecule has 3 aromatic rings. The van der Waals surface area contributed by atoms with Crippen LogP contribution in [0.1, 0.15) is 43.8 Å². The predicted molar refractivity (Wildman–Crippen MR) is 139 cm³/mol. The Bertz CT molecular complexity index is 1490. The second kappa shape index (κ2) is 10.0. The first-order valence-corrected chi connectivity index (χ1v) is 13.0. The Morgan fingerprint density at radius 2 is 1.44 bits per heavy atom. The lowest BCUT2D eigenvalue weighted by molar-refractivity contribution is -0.229. The molecule has 214 valence electrons. The number of carbonyl (C=O) groups is 2. The van der Waals surface area contributed by atoms with Crippen molar-refractivity contribution in [3.63, 3.8) is 0 Å². The average Bonchev–Trinajstić information content (AvgIpc) is 3.24. The SMILES string of the molecule is O=C(NCC[C@H]1O[C@H](CO)[C@@H](O)[C@H](O)[C@@H]1O)c1ccc2c(c1)C(=O)OC21c2ccc(O)cc2Oc2cc(O)ccc21. The van der Waals surface area contributed by atoms with Crippen LogP contribution in [0.25, 0.3) is 0 Å². The normalized spacial score (nSPS) is 25.5. The van der Waals surface area contributed by atoms with Crippen LogP contribution < -0.4 is 10.1 Å². The molecule has 1 spiro atoms. The van der Waals surface area contributed by atoms with Crippen molar-refractivity contribution in [3.05, 3.63) is 82.4 Å². The highest BCUT2D eigenvalue weighted by atomic mass is 16.6. The molecule has 6 rings (SSSR count). The number of aromatic hydroxyl groups is 2. The lowest BCUT2D eigenvalue weighted by Gasteiger charge is -2.40. The molecule has 1 saturated heterocycles. The van der Waals surface area contributed by atoms with Gasteiger partial charge in [-0.25, -0.2) is 4.79 Å². The van der Waals surface area contributed by atoms with E-state index in [1.807, 2.05) is 0 Å². The summed E-state index contributed by atoms with van der Waals surface area (Å²) in [5.41, 5.74) is 0.216. The fraction of sp³-hybridized carbons (Fsp3) is 0.310. The summed E-state index contributed by atoms with van der Waals surface area (Å²) in [6.07, 6.45) is -6.29. The van der Waals surface area contributed by atoms with Crippen LogP contribution in [0.3, 0.4) is 0 Å². The van der Waals surface area contributed by atoms with Crippen LogP contribution in [-0.2, 0) is 15.1 Å². The number of ether oxygens (including phenoxy) is 3. The number of aliphatic hydroxyl groups excluding tert-OH is 4. The van der Waals surface area contributed by atoms with Crippen LogP contribution in [0.15, 0.2) is 54.6 Å². The molecule has 3 aliphatic rings. The van der Waals surface area contributed by atoms with Gasteiger partial charge in [0.1, 0.15) is 47.4 Å². The molecule has 3 heterocycles. The van der Waals surface area contributed by atoms with Crippen LogP contribution in [0.5, 0.6) is 23.0 Å². The highest BCUT2D eigenvalue weighted by Gasteiger charge is 2.54. The van der Waals surface area contributed by atoms with E-state index in [1.165, 1.54) is 36.4 Å². The average molecular weight is 566 g/mol. The standard InChI is InChI=1S/C29H27NO11/c31-12-23-25(35)26(36)24(34)20(39-23)7-8-30-27(37)13-1-4-17-16(9-13)28(38)41-29(17)18-5-2-14(32)10-21(18)40-22-11-15(33)3-6-19(22)29/h1-6,9-11,20,23-26,31-36H,7-8,12H2,(H,30,37)/t20-,23-,24-,25-,26-/m1/s1. The van der Waals surface area contributed by atoms with Crippen molar-refractivity contribution in [1.82, 2.24) is 5.32 Å². The number of hydrogen-bond acceptors (Lipinski definition) is 11. The second-order valence-corrected chi connectivity index (χ2v) is 10.2. The summed E-state index contributed by atoms with van der Waals surface area (Å²) >= 11 is 0. The largest absolute Gasteiger partial charge is 0.508 e. The molecule has 0 bridgehead atoms. The van der Waals surface area contributed by atoms with E-state index in [0.29, 0.717) is 16.7 Å². The number of carbonyl (C=O) groups excluding carboxylic acids is 2. The van der Waals surface area contributed by atoms with Crippen molar-refractivity contribution in [2.45, 2.75) is 42.5 Å². The van der Waals surface area contributed by atoms with Gasteiger partial charge < -0.3 is 50.2 Å². The molecule has 3 aromatic carbocycles. The third-order valence-corrected chi connectivity index (χ3v) is 7.74. The zero-order valence-electron chi connectivity index (χ0n) is 21.4. The van der Waals surface area contributed by atoms with Gasteiger partial charge in [0, 0.05) is 40.9 Å². The summed E-state index contributed by atoms with van der Waals surface area (Å²) in [4.78, 5) is 26.2. The quantitative estimate of drug-likeness (QED) is 0.214. The van der Waals surface area contributed by atoms with Gasteiger partial charge in [0.2, 0.25) is 0 Å². The molecule has 1 fully saturated rings. The highest BCUT2D eigenvalue weighted by Crippen LogP contribution is 2.57.